The molecule has 4 aromatic rings. The van der Waals surface area contributed by atoms with Gasteiger partial charge in [0.05, 0.1) is 15.9 Å². The highest BCUT2D eigenvalue weighted by molar-refractivity contribution is 8.00. The van der Waals surface area contributed by atoms with Crippen LogP contribution in [0.1, 0.15) is 12.5 Å². The van der Waals surface area contributed by atoms with Crippen molar-refractivity contribution in [3.8, 4) is 0 Å². The normalized spacial score (nSPS) is 12.2. The average molecular weight is 408 g/mol. The summed E-state index contributed by atoms with van der Waals surface area (Å²) in [5.74, 6) is -0.307. The molecule has 4 rings (SSSR count). The summed E-state index contributed by atoms with van der Waals surface area (Å²) in [4.78, 5) is 30.7. The van der Waals surface area contributed by atoms with Gasteiger partial charge in [-0.15, -0.1) is 10.2 Å². The molecule has 0 radical (unpaired) electrons. The number of aromatic amines is 1. The van der Waals surface area contributed by atoms with Gasteiger partial charge >= 0.3 is 0 Å². The zero-order valence-corrected chi connectivity index (χ0v) is 16.4. The fourth-order valence-electron chi connectivity index (χ4n) is 2.86. The Bertz CT molecular complexity index is 1260. The number of nitrogens with one attached hydrogen (secondary N) is 2. The number of fused-ring (bicyclic) bond motifs is 3. The van der Waals surface area contributed by atoms with Crippen LogP contribution in [0.25, 0.3) is 22.1 Å². The molecule has 9 nitrogen and oxygen atoms in total. The number of nitrogens with zero attached hydrogens (tertiary/aromatic N) is 4. The van der Waals surface area contributed by atoms with Gasteiger partial charge in [-0.25, -0.2) is 4.98 Å². The fraction of sp³-hybridized carbons (Fsp3) is 0.158. The second-order valence-corrected chi connectivity index (χ2v) is 7.78. The lowest BCUT2D eigenvalue weighted by molar-refractivity contribution is -0.384. The van der Waals surface area contributed by atoms with E-state index in [9.17, 15) is 14.9 Å². The Morgan fingerprint density at radius 1 is 1.24 bits per heavy atom. The zero-order valence-electron chi connectivity index (χ0n) is 15.5. The smallest absolute Gasteiger partial charge is 0.271 e. The number of carbonyl (C=O) groups is 1. The number of para-hydroxylation sites is 1. The summed E-state index contributed by atoms with van der Waals surface area (Å²) in [5, 5.41) is 22.8. The molecule has 0 aliphatic rings. The van der Waals surface area contributed by atoms with Crippen LogP contribution >= 0.6 is 11.8 Å². The monoisotopic (exact) mass is 408 g/mol. The van der Waals surface area contributed by atoms with Crippen molar-refractivity contribution >= 4 is 51.1 Å². The van der Waals surface area contributed by atoms with Crippen molar-refractivity contribution in [2.75, 3.05) is 5.32 Å². The number of anilines is 1. The van der Waals surface area contributed by atoms with Crippen molar-refractivity contribution < 1.29 is 9.72 Å². The minimum absolute atomic E-state index is 0.0806. The van der Waals surface area contributed by atoms with Crippen LogP contribution in [0.4, 0.5) is 11.4 Å². The average Bonchev–Trinajstić information content (AvgIpc) is 3.07. The van der Waals surface area contributed by atoms with Gasteiger partial charge in [0.2, 0.25) is 11.1 Å². The Balaban J connectivity index is 1.52. The van der Waals surface area contributed by atoms with Crippen LogP contribution in [0.5, 0.6) is 0 Å². The zero-order chi connectivity index (χ0) is 20.5. The second kappa shape index (κ2) is 7.47. The van der Waals surface area contributed by atoms with Crippen molar-refractivity contribution in [1.29, 1.82) is 0 Å². The van der Waals surface area contributed by atoms with Crippen LogP contribution in [0.3, 0.4) is 0 Å². The highest BCUT2D eigenvalue weighted by atomic mass is 32.2. The Morgan fingerprint density at radius 2 is 2.03 bits per heavy atom. The molecule has 1 amide bonds. The molecule has 0 fully saturated rings. The van der Waals surface area contributed by atoms with Gasteiger partial charge in [0.15, 0.2) is 5.65 Å². The van der Waals surface area contributed by atoms with Crippen molar-refractivity contribution in [3.63, 3.8) is 0 Å². The van der Waals surface area contributed by atoms with Gasteiger partial charge in [0.25, 0.3) is 5.69 Å². The number of amides is 1. The molecule has 2 N–H and O–H groups in total. The molecule has 1 atom stereocenters. The molecular formula is C19H16N6O3S. The van der Waals surface area contributed by atoms with E-state index in [-0.39, 0.29) is 11.6 Å². The molecular weight excluding hydrogens is 392 g/mol. The molecule has 0 saturated carbocycles. The van der Waals surface area contributed by atoms with Crippen LogP contribution in [0.15, 0.2) is 47.6 Å². The highest BCUT2D eigenvalue weighted by Gasteiger charge is 2.19. The van der Waals surface area contributed by atoms with Gasteiger partial charge in [-0.1, -0.05) is 36.0 Å². The number of aromatic nitrogens is 4. The number of thioether (sulfide) groups is 1. The number of H-pyrrole nitrogens is 1. The van der Waals surface area contributed by atoms with Gasteiger partial charge in [-0.05, 0) is 25.5 Å². The van der Waals surface area contributed by atoms with Crippen LogP contribution < -0.4 is 5.32 Å². The van der Waals surface area contributed by atoms with Crippen LogP contribution in [-0.4, -0.2) is 36.2 Å². The molecule has 0 spiro atoms. The summed E-state index contributed by atoms with van der Waals surface area (Å²) >= 11 is 1.16. The first-order valence-electron chi connectivity index (χ1n) is 8.76. The van der Waals surface area contributed by atoms with Crippen LogP contribution in [0, 0.1) is 17.0 Å². The lowest BCUT2D eigenvalue weighted by Crippen LogP contribution is -2.23. The highest BCUT2D eigenvalue weighted by Crippen LogP contribution is 2.27. The van der Waals surface area contributed by atoms with Crippen molar-refractivity contribution in [1.82, 2.24) is 20.2 Å². The standard InChI is InChI=1S/C19H16N6O3S/c1-10-7-8-12(25(27)28)9-15(10)21-18(26)11(2)29-19-22-17-16(23-24-19)13-5-3-4-6-14(13)20-17/h3-9,11H,1-2H3,(H,21,26)(H,20,22,24). The SMILES string of the molecule is Cc1ccc([N+](=O)[O-])cc1NC(=O)C(C)Sc1nnc2c(n1)[nH]c1ccccc12. The summed E-state index contributed by atoms with van der Waals surface area (Å²) in [7, 11) is 0. The summed E-state index contributed by atoms with van der Waals surface area (Å²) in [6, 6.07) is 12.1. The van der Waals surface area contributed by atoms with E-state index in [4.69, 9.17) is 0 Å². The van der Waals surface area contributed by atoms with Crippen LogP contribution in [-0.2, 0) is 4.79 Å². The van der Waals surface area contributed by atoms with Gasteiger partial charge in [0, 0.05) is 23.0 Å². The number of benzene rings is 2. The maximum atomic E-state index is 12.6. The van der Waals surface area contributed by atoms with Crippen molar-refractivity contribution in [2.24, 2.45) is 0 Å². The predicted octanol–water partition coefficient (Wildman–Crippen LogP) is 3.84. The lowest BCUT2D eigenvalue weighted by atomic mass is 10.2. The first kappa shape index (κ1) is 18.8. The van der Waals surface area contributed by atoms with Gasteiger partial charge in [-0.2, -0.15) is 0 Å². The first-order valence-corrected chi connectivity index (χ1v) is 9.64. The number of nitro benzene ring substituents is 1. The van der Waals surface area contributed by atoms with Crippen molar-refractivity contribution in [2.45, 2.75) is 24.3 Å². The summed E-state index contributed by atoms with van der Waals surface area (Å²) < 4.78 is 0. The molecule has 2 aromatic carbocycles. The van der Waals surface area contributed by atoms with E-state index in [0.29, 0.717) is 22.0 Å². The maximum Gasteiger partial charge on any atom is 0.271 e. The number of carbonyl (C=O) groups excluding carboxylic acids is 1. The number of hydrogen-bond acceptors (Lipinski definition) is 7. The summed E-state index contributed by atoms with van der Waals surface area (Å²) in [6.07, 6.45) is 0. The van der Waals surface area contributed by atoms with E-state index in [1.54, 1.807) is 19.9 Å². The van der Waals surface area contributed by atoms with Gasteiger partial charge in [0.1, 0.15) is 5.52 Å². The lowest BCUT2D eigenvalue weighted by Gasteiger charge is -2.12. The third-order valence-corrected chi connectivity index (χ3v) is 5.40. The molecule has 0 saturated heterocycles. The molecule has 146 valence electrons. The molecule has 0 aliphatic heterocycles. The second-order valence-electron chi connectivity index (χ2n) is 6.47. The largest absolute Gasteiger partial charge is 0.338 e. The molecule has 2 heterocycles. The third-order valence-electron chi connectivity index (χ3n) is 4.44. The van der Waals surface area contributed by atoms with E-state index >= 15 is 0 Å². The number of nitro groups is 1. The van der Waals surface area contributed by atoms with Gasteiger partial charge in [-0.3, -0.25) is 14.9 Å². The maximum absolute atomic E-state index is 12.6. The molecule has 10 heteroatoms. The summed E-state index contributed by atoms with van der Waals surface area (Å²) in [5.41, 5.74) is 3.25. The van der Waals surface area contributed by atoms with E-state index in [1.807, 2.05) is 24.3 Å². The summed E-state index contributed by atoms with van der Waals surface area (Å²) in [6.45, 7) is 3.49. The number of hydrogen-bond donors (Lipinski definition) is 2. The number of non-ortho nitro benzene ring substituents is 1. The fourth-order valence-corrected chi connectivity index (χ4v) is 3.57. The molecule has 2 aromatic heterocycles. The van der Waals surface area contributed by atoms with E-state index < -0.39 is 10.2 Å². The minimum Gasteiger partial charge on any atom is -0.338 e. The number of aryl methyl sites for hydroxylation is 1. The quantitative estimate of drug-likeness (QED) is 0.292. The predicted molar refractivity (Wildman–Crippen MR) is 111 cm³/mol. The van der Waals surface area contributed by atoms with Gasteiger partial charge < -0.3 is 10.3 Å². The Hall–Kier alpha value is -3.53. The van der Waals surface area contributed by atoms with Crippen LogP contribution in [0.2, 0.25) is 0 Å². The Labute approximate surface area is 169 Å². The Kier molecular flexibility index (Phi) is 4.85. The number of rotatable bonds is 5. The topological polar surface area (TPSA) is 127 Å². The molecule has 0 aliphatic carbocycles. The molecule has 0 bridgehead atoms. The van der Waals surface area contributed by atoms with E-state index in [2.05, 4.69) is 25.5 Å². The first-order chi connectivity index (χ1) is 13.9. The van der Waals surface area contributed by atoms with E-state index in [0.717, 1.165) is 28.2 Å². The van der Waals surface area contributed by atoms with E-state index in [1.165, 1.54) is 12.1 Å². The van der Waals surface area contributed by atoms with Crippen molar-refractivity contribution in [3.05, 3.63) is 58.1 Å². The third kappa shape index (κ3) is 3.74. The molecule has 1 unspecified atom stereocenters. The minimum atomic E-state index is -0.530. The molecule has 29 heavy (non-hydrogen) atoms. The Morgan fingerprint density at radius 3 is 2.83 bits per heavy atom.